The fourth-order valence-electron chi connectivity index (χ4n) is 9.54. The van der Waals surface area contributed by atoms with Gasteiger partial charge in [-0.15, -0.1) is 0 Å². The van der Waals surface area contributed by atoms with Gasteiger partial charge in [0.2, 0.25) is 0 Å². The van der Waals surface area contributed by atoms with Gasteiger partial charge in [0.1, 0.15) is 0 Å². The topological polar surface area (TPSA) is 0 Å². The second kappa shape index (κ2) is 36.6. The molecule has 0 heteroatoms. The van der Waals surface area contributed by atoms with E-state index in [0.29, 0.717) is 0 Å². The Balaban J connectivity index is 0.000000330. The van der Waals surface area contributed by atoms with E-state index in [0.717, 1.165) is 0 Å². The van der Waals surface area contributed by atoms with Gasteiger partial charge in [0, 0.05) is 0 Å². The van der Waals surface area contributed by atoms with Gasteiger partial charge in [0.25, 0.3) is 0 Å². The van der Waals surface area contributed by atoms with Crippen molar-refractivity contribution in [3.63, 3.8) is 0 Å². The molecule has 0 aliphatic rings. The quantitative estimate of drug-likeness (QED) is 0.105. The molecule has 0 aromatic heterocycles. The van der Waals surface area contributed by atoms with Crippen molar-refractivity contribution in [2.75, 3.05) is 0 Å². The van der Waals surface area contributed by atoms with Crippen LogP contribution in [0.25, 0.3) is 75.4 Å². The Morgan fingerprint density at radius 2 is 0.512 bits per heavy atom. The van der Waals surface area contributed by atoms with E-state index in [1.54, 1.807) is 0 Å². The Labute approximate surface area is 487 Å². The molecule has 0 saturated heterocycles. The molecule has 0 amide bonds. The normalized spacial score (nSPS) is 9.62. The molecule has 420 valence electrons. The molecule has 0 heterocycles. The van der Waals surface area contributed by atoms with Crippen LogP contribution in [0.4, 0.5) is 0 Å². The summed E-state index contributed by atoms with van der Waals surface area (Å²) in [5.41, 5.74) is 13.6. The summed E-state index contributed by atoms with van der Waals surface area (Å²) in [7, 11) is 0. The minimum Gasteiger partial charge on any atom is -0.0683 e. The van der Waals surface area contributed by atoms with E-state index in [2.05, 4.69) is 275 Å². The minimum atomic E-state index is 1.32. The van der Waals surface area contributed by atoms with Crippen molar-refractivity contribution in [3.8, 4) is 0 Å². The van der Waals surface area contributed by atoms with Crippen LogP contribution in [-0.2, 0) is 0 Å². The van der Waals surface area contributed by atoms with Crippen molar-refractivity contribution in [1.82, 2.24) is 0 Å². The molecule has 0 aliphatic heterocycles. The molecule has 80 heavy (non-hydrogen) atoms. The predicted octanol–water partition coefficient (Wildman–Crippen LogP) is 25.7. The van der Waals surface area contributed by atoms with E-state index < -0.39 is 0 Å². The first-order valence-electron chi connectivity index (χ1n) is 30.0. The molecule has 0 bridgehead atoms. The van der Waals surface area contributed by atoms with Crippen LogP contribution in [0, 0.1) is 69.2 Å². The van der Waals surface area contributed by atoms with Crippen LogP contribution >= 0.6 is 0 Å². The lowest BCUT2D eigenvalue weighted by Gasteiger charge is -2.09. The number of hydrogen-bond donors (Lipinski definition) is 0. The summed E-state index contributed by atoms with van der Waals surface area (Å²) in [4.78, 5) is 0. The molecule has 0 unspecified atom stereocenters. The summed E-state index contributed by atoms with van der Waals surface area (Å²) in [6.45, 7) is 45.6. The summed E-state index contributed by atoms with van der Waals surface area (Å²) in [5, 5.41) is 19.0. The lowest BCUT2D eigenvalue weighted by Crippen LogP contribution is -1.84. The van der Waals surface area contributed by atoms with Gasteiger partial charge in [0.15, 0.2) is 0 Å². The van der Waals surface area contributed by atoms with Gasteiger partial charge in [-0.1, -0.05) is 282 Å². The average Bonchev–Trinajstić information content (AvgIpc) is 3.56. The van der Waals surface area contributed by atoms with Gasteiger partial charge in [-0.2, -0.15) is 0 Å². The lowest BCUT2D eigenvalue weighted by atomic mass is 9.95. The Bertz CT molecular complexity index is 3620. The summed E-state index contributed by atoms with van der Waals surface area (Å²) in [5.74, 6) is 0. The standard InChI is InChI=1S/3C16H14.C12H12.C8H10.6C2H6/c1-11-6-5-9-15-12(2)14-8-4-3-7-13(14)10-16(11)15;1-11-7-8-12(2)16-10-14-6-4-3-5-13(14)9-15(11)16;1-11-7-8-13-10-12(2)14-5-3-4-6-15(14)16(13)9-11;1-9-7-10(2)12-6-4-3-5-11(12)8-9;1-7-5-3-4-6-8(7)2;6*1-2/h3*3-10H,1-2H3;3-8H,1-2H3;3-6H,1-2H3;6*1-2H3. The second-order valence-electron chi connectivity index (χ2n) is 18.7. The maximum atomic E-state index is 2.30. The van der Waals surface area contributed by atoms with Gasteiger partial charge in [0.05, 0.1) is 0 Å². The molecule has 0 N–H and O–H groups in total. The molecule has 12 aromatic carbocycles. The Morgan fingerprint density at radius 1 is 0.163 bits per heavy atom. The van der Waals surface area contributed by atoms with Gasteiger partial charge in [-0.05, 0) is 207 Å². The summed E-state index contributed by atoms with van der Waals surface area (Å²) < 4.78 is 0. The molecule has 0 aliphatic carbocycles. The van der Waals surface area contributed by atoms with E-state index in [1.165, 1.54) is 131 Å². The number of fused-ring (bicyclic) bond motifs is 8. The first kappa shape index (κ1) is 68.6. The number of hydrogen-bond acceptors (Lipinski definition) is 0. The molecular weight excluding hydrogens is 961 g/mol. The highest BCUT2D eigenvalue weighted by Gasteiger charge is 2.06. The maximum Gasteiger partial charge on any atom is -0.0103 e. The third kappa shape index (κ3) is 18.5. The Kier molecular flexibility index (Phi) is 31.4. The van der Waals surface area contributed by atoms with E-state index >= 15 is 0 Å². The van der Waals surface area contributed by atoms with Crippen molar-refractivity contribution in [2.45, 2.75) is 152 Å². The first-order chi connectivity index (χ1) is 38.9. The highest BCUT2D eigenvalue weighted by molar-refractivity contribution is 6.09. The highest BCUT2D eigenvalue weighted by Crippen LogP contribution is 2.31. The van der Waals surface area contributed by atoms with Gasteiger partial charge >= 0.3 is 0 Å². The number of aryl methyl sites for hydroxylation is 10. The zero-order chi connectivity index (χ0) is 59.9. The highest BCUT2D eigenvalue weighted by atomic mass is 14.1. The van der Waals surface area contributed by atoms with Crippen molar-refractivity contribution >= 4 is 75.4 Å². The molecule has 0 atom stereocenters. The van der Waals surface area contributed by atoms with Crippen molar-refractivity contribution in [1.29, 1.82) is 0 Å². The predicted molar refractivity (Wildman–Crippen MR) is 370 cm³/mol. The van der Waals surface area contributed by atoms with Crippen molar-refractivity contribution < 1.29 is 0 Å². The molecule has 0 fully saturated rings. The monoisotopic (exact) mass is 1060 g/mol. The molecule has 0 nitrogen and oxygen atoms in total. The zero-order valence-corrected chi connectivity index (χ0v) is 53.6. The lowest BCUT2D eigenvalue weighted by molar-refractivity contribution is 1.34. The van der Waals surface area contributed by atoms with Crippen molar-refractivity contribution in [3.05, 3.63) is 262 Å². The third-order valence-electron chi connectivity index (χ3n) is 13.6. The largest absolute Gasteiger partial charge is 0.0683 e. The molecule has 0 radical (unpaired) electrons. The molecule has 12 rings (SSSR count). The third-order valence-corrected chi connectivity index (χ3v) is 13.6. The van der Waals surface area contributed by atoms with Crippen LogP contribution in [0.2, 0.25) is 0 Å². The van der Waals surface area contributed by atoms with E-state index in [1.807, 2.05) is 83.1 Å². The summed E-state index contributed by atoms with van der Waals surface area (Å²) in [6.07, 6.45) is 0. The number of rotatable bonds is 0. The van der Waals surface area contributed by atoms with E-state index in [4.69, 9.17) is 0 Å². The minimum absolute atomic E-state index is 1.32. The Morgan fingerprint density at radius 3 is 1.02 bits per heavy atom. The SMILES string of the molecule is CC.CC.CC.CC.CC.CC.Cc1cc(C)c2ccccc2c1.Cc1ccc(C)c2cc3ccccc3cc12.Cc1ccc2cc(C)c3ccccc3c2c1.Cc1cccc2c(C)c3ccccc3cc12.Cc1ccccc1C. The van der Waals surface area contributed by atoms with Crippen molar-refractivity contribution in [2.24, 2.45) is 0 Å². The fraction of sp³-hybridized carbons (Fsp3) is 0.275. The van der Waals surface area contributed by atoms with Gasteiger partial charge in [-0.3, -0.25) is 0 Å². The molecule has 0 spiro atoms. The number of benzene rings is 12. The smallest absolute Gasteiger partial charge is 0.0103 e. The maximum absolute atomic E-state index is 2.30. The summed E-state index contributed by atoms with van der Waals surface area (Å²) in [6, 6.07) is 73.9. The Hall–Kier alpha value is -7.54. The van der Waals surface area contributed by atoms with Crippen LogP contribution in [0.15, 0.2) is 206 Å². The van der Waals surface area contributed by atoms with Crippen LogP contribution < -0.4 is 0 Å². The fourth-order valence-corrected chi connectivity index (χ4v) is 9.54. The molecular formula is C80H100. The zero-order valence-electron chi connectivity index (χ0n) is 53.6. The van der Waals surface area contributed by atoms with E-state index in [-0.39, 0.29) is 0 Å². The van der Waals surface area contributed by atoms with E-state index in [9.17, 15) is 0 Å². The molecule has 12 aromatic rings. The first-order valence-corrected chi connectivity index (χ1v) is 30.0. The molecule has 0 saturated carbocycles. The van der Waals surface area contributed by atoms with Gasteiger partial charge < -0.3 is 0 Å². The van der Waals surface area contributed by atoms with Gasteiger partial charge in [-0.25, -0.2) is 0 Å². The second-order valence-corrected chi connectivity index (χ2v) is 18.7. The van der Waals surface area contributed by atoms with Crippen LogP contribution in [0.3, 0.4) is 0 Å². The average molecular weight is 1060 g/mol. The van der Waals surface area contributed by atoms with Crippen LogP contribution in [-0.4, -0.2) is 0 Å². The van der Waals surface area contributed by atoms with Crippen LogP contribution in [0.5, 0.6) is 0 Å². The summed E-state index contributed by atoms with van der Waals surface area (Å²) >= 11 is 0. The van der Waals surface area contributed by atoms with Crippen LogP contribution in [0.1, 0.15) is 139 Å².